The predicted octanol–water partition coefficient (Wildman–Crippen LogP) is 5.05. The zero-order valence-corrected chi connectivity index (χ0v) is 17.4. The number of anilines is 1. The molecule has 2 aromatic carbocycles. The van der Waals surface area contributed by atoms with Gasteiger partial charge < -0.3 is 14.8 Å². The molecule has 1 unspecified atom stereocenters. The third-order valence-corrected chi connectivity index (χ3v) is 4.30. The first-order valence-corrected chi connectivity index (χ1v) is 9.51. The van der Waals surface area contributed by atoms with Crippen LogP contribution >= 0.6 is 15.9 Å². The molecule has 1 N–H and O–H groups in total. The summed E-state index contributed by atoms with van der Waals surface area (Å²) in [6.07, 6.45) is -0.659. The van der Waals surface area contributed by atoms with Gasteiger partial charge >= 0.3 is 6.01 Å². The van der Waals surface area contributed by atoms with Gasteiger partial charge in [0, 0.05) is 27.6 Å². The molecule has 0 aliphatic carbocycles. The molecule has 0 spiro atoms. The summed E-state index contributed by atoms with van der Waals surface area (Å²) in [7, 11) is 0. The zero-order valence-electron chi connectivity index (χ0n) is 15.8. The number of aromatic nitrogens is 2. The summed E-state index contributed by atoms with van der Waals surface area (Å²) in [6, 6.07) is 16.5. The Hall–Kier alpha value is -2.93. The van der Waals surface area contributed by atoms with Crippen molar-refractivity contribution in [1.82, 2.24) is 9.97 Å². The number of nitrogens with zero attached hydrogens (tertiary/aromatic N) is 2. The quantitative estimate of drug-likeness (QED) is 0.578. The number of aryl methyl sites for hydroxylation is 2. The van der Waals surface area contributed by atoms with Crippen molar-refractivity contribution in [3.05, 3.63) is 70.5 Å². The molecule has 0 aliphatic rings. The Bertz CT molecular complexity index is 957. The standard InChI is InChI=1S/C21H20BrN3O3/c1-13-11-14(2)24-21(23-13)28-19-6-4-5-17(12-19)25-20(26)15(3)27-18-9-7-16(22)8-10-18/h4-12,15H,1-3H3,(H,25,26). The van der Waals surface area contributed by atoms with Gasteiger partial charge in [-0.3, -0.25) is 4.79 Å². The highest BCUT2D eigenvalue weighted by atomic mass is 79.9. The summed E-state index contributed by atoms with van der Waals surface area (Å²) in [4.78, 5) is 20.9. The molecule has 0 fully saturated rings. The maximum Gasteiger partial charge on any atom is 0.322 e. The van der Waals surface area contributed by atoms with Crippen LogP contribution in [0, 0.1) is 13.8 Å². The predicted molar refractivity (Wildman–Crippen MR) is 111 cm³/mol. The van der Waals surface area contributed by atoms with Gasteiger partial charge in [-0.05, 0) is 63.2 Å². The lowest BCUT2D eigenvalue weighted by Gasteiger charge is -2.15. The van der Waals surface area contributed by atoms with E-state index in [4.69, 9.17) is 9.47 Å². The monoisotopic (exact) mass is 441 g/mol. The molecule has 6 nitrogen and oxygen atoms in total. The van der Waals surface area contributed by atoms with Crippen LogP contribution in [-0.2, 0) is 4.79 Å². The van der Waals surface area contributed by atoms with E-state index in [1.165, 1.54) is 0 Å². The highest BCUT2D eigenvalue weighted by Crippen LogP contribution is 2.23. The van der Waals surface area contributed by atoms with Gasteiger partial charge in [-0.2, -0.15) is 0 Å². The van der Waals surface area contributed by atoms with Crippen LogP contribution in [0.1, 0.15) is 18.3 Å². The summed E-state index contributed by atoms with van der Waals surface area (Å²) in [5.74, 6) is 0.891. The molecule has 0 bridgehead atoms. The second-order valence-electron chi connectivity index (χ2n) is 6.27. The lowest BCUT2D eigenvalue weighted by Crippen LogP contribution is -2.30. The van der Waals surface area contributed by atoms with Gasteiger partial charge in [-0.1, -0.05) is 22.0 Å². The molecule has 1 atom stereocenters. The Morgan fingerprint density at radius 1 is 1.00 bits per heavy atom. The molecule has 144 valence electrons. The zero-order chi connectivity index (χ0) is 20.1. The molecule has 28 heavy (non-hydrogen) atoms. The molecule has 0 radical (unpaired) electrons. The average molecular weight is 442 g/mol. The number of hydrogen-bond donors (Lipinski definition) is 1. The van der Waals surface area contributed by atoms with Gasteiger partial charge in [-0.25, -0.2) is 9.97 Å². The minimum Gasteiger partial charge on any atom is -0.481 e. The Kier molecular flexibility index (Phi) is 6.26. The van der Waals surface area contributed by atoms with E-state index in [1.54, 1.807) is 43.3 Å². The molecule has 0 aliphatic heterocycles. The molecule has 1 aromatic heterocycles. The van der Waals surface area contributed by atoms with Crippen molar-refractivity contribution in [3.8, 4) is 17.5 Å². The van der Waals surface area contributed by atoms with Crippen LogP contribution in [0.4, 0.5) is 5.69 Å². The normalized spacial score (nSPS) is 11.6. The molecule has 3 rings (SSSR count). The van der Waals surface area contributed by atoms with E-state index in [0.29, 0.717) is 17.2 Å². The average Bonchev–Trinajstić information content (AvgIpc) is 2.63. The van der Waals surface area contributed by atoms with Crippen molar-refractivity contribution >= 4 is 27.5 Å². The summed E-state index contributed by atoms with van der Waals surface area (Å²) >= 11 is 3.37. The number of amides is 1. The fourth-order valence-corrected chi connectivity index (χ4v) is 2.76. The Morgan fingerprint density at radius 2 is 1.68 bits per heavy atom. The summed E-state index contributed by atoms with van der Waals surface area (Å²) in [6.45, 7) is 5.46. The summed E-state index contributed by atoms with van der Waals surface area (Å²) in [5, 5.41) is 2.83. The largest absolute Gasteiger partial charge is 0.481 e. The molecular weight excluding hydrogens is 422 g/mol. The number of hydrogen-bond acceptors (Lipinski definition) is 5. The first-order chi connectivity index (χ1) is 13.4. The molecule has 1 heterocycles. The lowest BCUT2D eigenvalue weighted by molar-refractivity contribution is -0.122. The van der Waals surface area contributed by atoms with E-state index in [2.05, 4.69) is 31.2 Å². The smallest absolute Gasteiger partial charge is 0.322 e. The fraction of sp³-hybridized carbons (Fsp3) is 0.190. The van der Waals surface area contributed by atoms with E-state index in [9.17, 15) is 4.79 Å². The number of rotatable bonds is 6. The molecule has 0 saturated heterocycles. The minimum absolute atomic E-state index is 0.261. The van der Waals surface area contributed by atoms with Crippen molar-refractivity contribution in [2.24, 2.45) is 0 Å². The van der Waals surface area contributed by atoms with Crippen molar-refractivity contribution in [2.75, 3.05) is 5.32 Å². The number of carbonyl (C=O) groups is 1. The maximum absolute atomic E-state index is 12.4. The van der Waals surface area contributed by atoms with Crippen molar-refractivity contribution in [3.63, 3.8) is 0 Å². The van der Waals surface area contributed by atoms with E-state index in [0.717, 1.165) is 15.9 Å². The highest BCUT2D eigenvalue weighted by Gasteiger charge is 2.15. The maximum atomic E-state index is 12.4. The lowest BCUT2D eigenvalue weighted by atomic mass is 10.2. The number of ether oxygens (including phenoxy) is 2. The van der Waals surface area contributed by atoms with Crippen LogP contribution in [0.5, 0.6) is 17.5 Å². The molecular formula is C21H20BrN3O3. The highest BCUT2D eigenvalue weighted by molar-refractivity contribution is 9.10. The van der Waals surface area contributed by atoms with Gasteiger partial charge in [0.2, 0.25) is 0 Å². The Balaban J connectivity index is 1.64. The van der Waals surface area contributed by atoms with E-state index in [1.807, 2.05) is 32.0 Å². The van der Waals surface area contributed by atoms with E-state index < -0.39 is 6.10 Å². The van der Waals surface area contributed by atoms with Gasteiger partial charge in [-0.15, -0.1) is 0 Å². The molecule has 3 aromatic rings. The molecule has 0 saturated carbocycles. The third kappa shape index (κ3) is 5.53. The molecule has 7 heteroatoms. The molecule has 1 amide bonds. The number of carbonyl (C=O) groups excluding carboxylic acids is 1. The second-order valence-corrected chi connectivity index (χ2v) is 7.18. The van der Waals surface area contributed by atoms with Crippen LogP contribution < -0.4 is 14.8 Å². The van der Waals surface area contributed by atoms with Crippen LogP contribution in [0.3, 0.4) is 0 Å². The van der Waals surface area contributed by atoms with Crippen molar-refractivity contribution < 1.29 is 14.3 Å². The van der Waals surface area contributed by atoms with Crippen molar-refractivity contribution in [1.29, 1.82) is 0 Å². The van der Waals surface area contributed by atoms with Gasteiger partial charge in [0.25, 0.3) is 5.91 Å². The third-order valence-electron chi connectivity index (χ3n) is 3.77. The van der Waals surface area contributed by atoms with Gasteiger partial charge in [0.15, 0.2) is 6.10 Å². The first-order valence-electron chi connectivity index (χ1n) is 8.72. The van der Waals surface area contributed by atoms with Gasteiger partial charge in [0.1, 0.15) is 11.5 Å². The van der Waals surface area contributed by atoms with E-state index in [-0.39, 0.29) is 11.9 Å². The number of nitrogens with one attached hydrogen (secondary N) is 1. The van der Waals surface area contributed by atoms with Crippen LogP contribution in [0.15, 0.2) is 59.1 Å². The van der Waals surface area contributed by atoms with Crippen LogP contribution in [-0.4, -0.2) is 22.0 Å². The minimum atomic E-state index is -0.659. The Morgan fingerprint density at radius 3 is 2.36 bits per heavy atom. The summed E-state index contributed by atoms with van der Waals surface area (Å²) < 4.78 is 12.3. The summed E-state index contributed by atoms with van der Waals surface area (Å²) in [5.41, 5.74) is 2.25. The van der Waals surface area contributed by atoms with E-state index >= 15 is 0 Å². The number of halogens is 1. The van der Waals surface area contributed by atoms with Crippen molar-refractivity contribution in [2.45, 2.75) is 26.9 Å². The van der Waals surface area contributed by atoms with Gasteiger partial charge in [0.05, 0.1) is 0 Å². The second kappa shape index (κ2) is 8.84. The topological polar surface area (TPSA) is 73.3 Å². The van der Waals surface area contributed by atoms with Crippen LogP contribution in [0.25, 0.3) is 0 Å². The SMILES string of the molecule is Cc1cc(C)nc(Oc2cccc(NC(=O)C(C)Oc3ccc(Br)cc3)c2)n1. The Labute approximate surface area is 172 Å². The fourth-order valence-electron chi connectivity index (χ4n) is 2.50. The first kappa shape index (κ1) is 19.8. The van der Waals surface area contributed by atoms with Crippen LogP contribution in [0.2, 0.25) is 0 Å². The number of benzene rings is 2.